The number of hydrogen-bond acceptors (Lipinski definition) is 3. The molecule has 1 N–H and O–H groups in total. The van der Waals surface area contributed by atoms with E-state index in [1.54, 1.807) is 48.9 Å². The molecule has 0 atom stereocenters. The third kappa shape index (κ3) is 3.99. The van der Waals surface area contributed by atoms with Gasteiger partial charge in [-0.05, 0) is 17.7 Å². The van der Waals surface area contributed by atoms with Crippen LogP contribution in [0.4, 0.5) is 0 Å². The van der Waals surface area contributed by atoms with Crippen LogP contribution in [0.3, 0.4) is 0 Å². The molecular weight excluding hydrogens is 362 g/mol. The fraction of sp³-hybridized carbons (Fsp3) is 0.0417. The quantitative estimate of drug-likeness (QED) is 0.513. The second kappa shape index (κ2) is 8.35. The number of amides is 1. The van der Waals surface area contributed by atoms with Crippen LogP contribution in [0, 0.1) is 0 Å². The molecule has 5 heteroatoms. The molecule has 1 aromatic heterocycles. The highest BCUT2D eigenvalue weighted by Crippen LogP contribution is 2.17. The zero-order valence-electron chi connectivity index (χ0n) is 15.7. The zero-order valence-corrected chi connectivity index (χ0v) is 15.7. The summed E-state index contributed by atoms with van der Waals surface area (Å²) in [6, 6.07) is 23.6. The van der Waals surface area contributed by atoms with Gasteiger partial charge in [-0.2, -0.15) is 0 Å². The van der Waals surface area contributed by atoms with Gasteiger partial charge in [-0.1, -0.05) is 66.7 Å². The summed E-state index contributed by atoms with van der Waals surface area (Å²) in [5, 5.41) is 2.94. The van der Waals surface area contributed by atoms with E-state index >= 15 is 0 Å². The maximum absolute atomic E-state index is 12.9. The predicted octanol–water partition coefficient (Wildman–Crippen LogP) is 4.03. The Morgan fingerprint density at radius 3 is 2.28 bits per heavy atom. The molecule has 0 aliphatic carbocycles. The van der Waals surface area contributed by atoms with E-state index in [2.05, 4.69) is 10.3 Å². The maximum Gasteiger partial charge on any atom is 0.252 e. The molecule has 1 heterocycles. The van der Waals surface area contributed by atoms with Crippen molar-refractivity contribution < 1.29 is 9.59 Å². The number of nitrogens with zero attached hydrogens (tertiary/aromatic N) is 2. The molecule has 0 saturated heterocycles. The molecule has 0 radical (unpaired) electrons. The number of nitrogens with one attached hydrogen (secondary N) is 1. The standard InChI is InChI=1S/C24H19N3O2/c28-23(18-8-2-1-3-9-18)20-11-5-6-12-21(20)24(29)26-16-19-10-4-7-13-22(19)27-15-14-25-17-27/h1-15,17H,16H2,(H,26,29). The summed E-state index contributed by atoms with van der Waals surface area (Å²) in [4.78, 5) is 29.8. The number of aromatic nitrogens is 2. The van der Waals surface area contributed by atoms with Gasteiger partial charge in [-0.3, -0.25) is 9.59 Å². The minimum absolute atomic E-state index is 0.171. The molecule has 0 unspecified atom stereocenters. The lowest BCUT2D eigenvalue weighted by Gasteiger charge is -2.13. The summed E-state index contributed by atoms with van der Waals surface area (Å²) in [6.45, 7) is 0.334. The molecule has 142 valence electrons. The number of para-hydroxylation sites is 1. The molecule has 0 saturated carbocycles. The van der Waals surface area contributed by atoms with E-state index in [4.69, 9.17) is 0 Å². The molecular formula is C24H19N3O2. The van der Waals surface area contributed by atoms with Gasteiger partial charge >= 0.3 is 0 Å². The number of carbonyl (C=O) groups is 2. The highest BCUT2D eigenvalue weighted by atomic mass is 16.2. The molecule has 3 aromatic carbocycles. The average Bonchev–Trinajstić information content (AvgIpc) is 3.32. The van der Waals surface area contributed by atoms with Crippen molar-refractivity contribution in [3.63, 3.8) is 0 Å². The van der Waals surface area contributed by atoms with E-state index in [9.17, 15) is 9.59 Å². The summed E-state index contributed by atoms with van der Waals surface area (Å²) >= 11 is 0. The molecule has 0 spiro atoms. The Hall–Kier alpha value is -3.99. The van der Waals surface area contributed by atoms with Crippen LogP contribution < -0.4 is 5.32 Å². The van der Waals surface area contributed by atoms with Crippen molar-refractivity contribution in [1.82, 2.24) is 14.9 Å². The zero-order chi connectivity index (χ0) is 20.1. The largest absolute Gasteiger partial charge is 0.348 e. The summed E-state index contributed by atoms with van der Waals surface area (Å²) in [6.07, 6.45) is 5.28. The van der Waals surface area contributed by atoms with Gasteiger partial charge in [0.25, 0.3) is 5.91 Å². The Morgan fingerprint density at radius 1 is 0.828 bits per heavy atom. The van der Waals surface area contributed by atoms with Gasteiger partial charge in [0.2, 0.25) is 0 Å². The van der Waals surface area contributed by atoms with E-state index in [1.807, 2.05) is 53.2 Å². The van der Waals surface area contributed by atoms with Crippen LogP contribution in [-0.2, 0) is 6.54 Å². The number of rotatable bonds is 6. The van der Waals surface area contributed by atoms with E-state index in [0.29, 0.717) is 23.2 Å². The fourth-order valence-corrected chi connectivity index (χ4v) is 3.21. The fourth-order valence-electron chi connectivity index (χ4n) is 3.21. The average molecular weight is 381 g/mol. The van der Waals surface area contributed by atoms with Gasteiger partial charge in [-0.15, -0.1) is 0 Å². The first-order valence-electron chi connectivity index (χ1n) is 9.27. The molecule has 29 heavy (non-hydrogen) atoms. The first-order chi connectivity index (χ1) is 14.2. The topological polar surface area (TPSA) is 64.0 Å². The number of carbonyl (C=O) groups excluding carboxylic acids is 2. The molecule has 1 amide bonds. The first kappa shape index (κ1) is 18.4. The van der Waals surface area contributed by atoms with Gasteiger partial charge < -0.3 is 9.88 Å². The van der Waals surface area contributed by atoms with Crippen molar-refractivity contribution in [3.8, 4) is 5.69 Å². The van der Waals surface area contributed by atoms with Gasteiger partial charge in [0.1, 0.15) is 0 Å². The van der Waals surface area contributed by atoms with Crippen LogP contribution in [0.15, 0.2) is 97.6 Å². The minimum atomic E-state index is -0.287. The number of imidazole rings is 1. The van der Waals surface area contributed by atoms with E-state index < -0.39 is 0 Å². The smallest absolute Gasteiger partial charge is 0.252 e. The van der Waals surface area contributed by atoms with Crippen molar-refractivity contribution in [2.75, 3.05) is 0 Å². The Kier molecular flexibility index (Phi) is 5.29. The molecule has 0 fully saturated rings. The molecule has 4 aromatic rings. The molecule has 0 aliphatic rings. The summed E-state index contributed by atoms with van der Waals surface area (Å²) in [7, 11) is 0. The van der Waals surface area contributed by atoms with Gasteiger partial charge in [0.05, 0.1) is 17.6 Å². The third-order valence-corrected chi connectivity index (χ3v) is 4.67. The van der Waals surface area contributed by atoms with Gasteiger partial charge in [0, 0.05) is 30.1 Å². The first-order valence-corrected chi connectivity index (χ1v) is 9.27. The van der Waals surface area contributed by atoms with Crippen LogP contribution >= 0.6 is 0 Å². The van der Waals surface area contributed by atoms with E-state index in [-0.39, 0.29) is 11.7 Å². The highest BCUT2D eigenvalue weighted by molar-refractivity contribution is 6.15. The Balaban J connectivity index is 1.56. The molecule has 5 nitrogen and oxygen atoms in total. The highest BCUT2D eigenvalue weighted by Gasteiger charge is 2.18. The van der Waals surface area contributed by atoms with Crippen LogP contribution in [0.5, 0.6) is 0 Å². The third-order valence-electron chi connectivity index (χ3n) is 4.67. The predicted molar refractivity (Wildman–Crippen MR) is 111 cm³/mol. The summed E-state index contributed by atoms with van der Waals surface area (Å²) in [5.41, 5.74) is 3.20. The van der Waals surface area contributed by atoms with Crippen LogP contribution in [0.25, 0.3) is 5.69 Å². The van der Waals surface area contributed by atoms with E-state index in [0.717, 1.165) is 11.3 Å². The second-order valence-electron chi connectivity index (χ2n) is 6.52. The molecule has 4 rings (SSSR count). The van der Waals surface area contributed by atoms with Crippen LogP contribution in [-0.4, -0.2) is 21.2 Å². The van der Waals surface area contributed by atoms with Crippen molar-refractivity contribution in [3.05, 3.63) is 120 Å². The van der Waals surface area contributed by atoms with Crippen LogP contribution in [0.2, 0.25) is 0 Å². The van der Waals surface area contributed by atoms with Gasteiger partial charge in [0.15, 0.2) is 5.78 Å². The molecule has 0 bridgehead atoms. The number of ketones is 1. The number of benzene rings is 3. The summed E-state index contributed by atoms with van der Waals surface area (Å²) < 4.78 is 1.90. The monoisotopic (exact) mass is 381 g/mol. The Labute approximate surface area is 168 Å². The van der Waals surface area contributed by atoms with E-state index in [1.165, 1.54) is 0 Å². The minimum Gasteiger partial charge on any atom is -0.348 e. The van der Waals surface area contributed by atoms with Crippen molar-refractivity contribution >= 4 is 11.7 Å². The maximum atomic E-state index is 12.9. The lowest BCUT2D eigenvalue weighted by atomic mass is 9.98. The lowest BCUT2D eigenvalue weighted by Crippen LogP contribution is -2.25. The van der Waals surface area contributed by atoms with Crippen molar-refractivity contribution in [1.29, 1.82) is 0 Å². The summed E-state index contributed by atoms with van der Waals surface area (Å²) in [5.74, 6) is -0.458. The normalized spacial score (nSPS) is 10.5. The Morgan fingerprint density at radius 2 is 1.52 bits per heavy atom. The number of hydrogen-bond donors (Lipinski definition) is 1. The van der Waals surface area contributed by atoms with Crippen molar-refractivity contribution in [2.24, 2.45) is 0 Å². The lowest BCUT2D eigenvalue weighted by molar-refractivity contribution is 0.0939. The second-order valence-corrected chi connectivity index (χ2v) is 6.52. The SMILES string of the molecule is O=C(NCc1ccccc1-n1ccnc1)c1ccccc1C(=O)c1ccccc1. The van der Waals surface area contributed by atoms with Gasteiger partial charge in [-0.25, -0.2) is 4.98 Å². The Bertz CT molecular complexity index is 1140. The molecule has 0 aliphatic heterocycles. The van der Waals surface area contributed by atoms with Crippen molar-refractivity contribution in [2.45, 2.75) is 6.54 Å². The van der Waals surface area contributed by atoms with Crippen LogP contribution in [0.1, 0.15) is 31.8 Å².